The van der Waals surface area contributed by atoms with Gasteiger partial charge in [-0.15, -0.1) is 0 Å². The summed E-state index contributed by atoms with van der Waals surface area (Å²) in [6.45, 7) is 0. The molecule has 29 heavy (non-hydrogen) atoms. The highest BCUT2D eigenvalue weighted by atomic mass is 19.1. The molecule has 0 bridgehead atoms. The van der Waals surface area contributed by atoms with Gasteiger partial charge >= 0.3 is 0 Å². The lowest BCUT2D eigenvalue weighted by Crippen LogP contribution is -2.30. The molecule has 146 valence electrons. The molecule has 1 aromatic heterocycles. The highest BCUT2D eigenvalue weighted by molar-refractivity contribution is 6.04. The number of hydrogen-bond donors (Lipinski definition) is 1. The second-order valence-corrected chi connectivity index (χ2v) is 7.75. The number of aromatic nitrogens is 2. The standard InChI is InChI=1S/C24H22FN3O/c1-29-28-22(16-7-8-16)23-20-13-14-24(15-21(20)26-27-23,17-5-3-2-4-6-17)18-9-11-19(25)12-10-18/h2-6,9-14,16H,7-8,15H2,1H3,(H,26,27)/b28-22+. The topological polar surface area (TPSA) is 50.3 Å². The zero-order valence-corrected chi connectivity index (χ0v) is 16.2. The summed E-state index contributed by atoms with van der Waals surface area (Å²) in [5, 5.41) is 12.1. The van der Waals surface area contributed by atoms with Crippen LogP contribution in [0.5, 0.6) is 0 Å². The van der Waals surface area contributed by atoms with Crippen LogP contribution in [-0.2, 0) is 16.7 Å². The van der Waals surface area contributed by atoms with E-state index in [-0.39, 0.29) is 11.2 Å². The number of rotatable bonds is 5. The summed E-state index contributed by atoms with van der Waals surface area (Å²) < 4.78 is 13.6. The van der Waals surface area contributed by atoms with Gasteiger partial charge in [-0.2, -0.15) is 5.10 Å². The minimum Gasteiger partial charge on any atom is -0.399 e. The second kappa shape index (κ2) is 6.99. The van der Waals surface area contributed by atoms with E-state index >= 15 is 0 Å². The highest BCUT2D eigenvalue weighted by Crippen LogP contribution is 2.43. The maximum atomic E-state index is 13.6. The Morgan fingerprint density at radius 3 is 2.52 bits per heavy atom. The van der Waals surface area contributed by atoms with Crippen LogP contribution in [0.15, 0.2) is 65.8 Å². The van der Waals surface area contributed by atoms with Crippen molar-refractivity contribution >= 4 is 11.8 Å². The molecule has 2 aliphatic carbocycles. The van der Waals surface area contributed by atoms with Gasteiger partial charge in [-0.1, -0.05) is 59.8 Å². The van der Waals surface area contributed by atoms with Crippen molar-refractivity contribution in [3.8, 4) is 0 Å². The Morgan fingerprint density at radius 1 is 1.10 bits per heavy atom. The Balaban J connectivity index is 1.62. The number of halogens is 1. The zero-order valence-electron chi connectivity index (χ0n) is 16.2. The smallest absolute Gasteiger partial charge is 0.123 e. The van der Waals surface area contributed by atoms with Crippen LogP contribution in [0.2, 0.25) is 0 Å². The Labute approximate surface area is 169 Å². The van der Waals surface area contributed by atoms with E-state index in [0.29, 0.717) is 12.3 Å². The molecule has 1 atom stereocenters. The Kier molecular flexibility index (Phi) is 4.31. The fourth-order valence-corrected chi connectivity index (χ4v) is 4.27. The molecule has 3 aromatic rings. The molecule has 5 rings (SSSR count). The van der Waals surface area contributed by atoms with Crippen molar-refractivity contribution in [3.05, 3.63) is 94.6 Å². The van der Waals surface area contributed by atoms with E-state index in [1.165, 1.54) is 12.1 Å². The minimum absolute atomic E-state index is 0.230. The number of fused-ring (bicyclic) bond motifs is 1. The van der Waals surface area contributed by atoms with Crippen LogP contribution in [0.3, 0.4) is 0 Å². The van der Waals surface area contributed by atoms with Gasteiger partial charge in [-0.3, -0.25) is 5.10 Å². The normalized spacial score (nSPS) is 21.1. The van der Waals surface area contributed by atoms with Crippen LogP contribution >= 0.6 is 0 Å². The van der Waals surface area contributed by atoms with E-state index in [1.54, 1.807) is 7.11 Å². The molecule has 0 spiro atoms. The van der Waals surface area contributed by atoms with Crippen LogP contribution in [0.1, 0.15) is 40.9 Å². The molecular weight excluding hydrogens is 365 g/mol. The molecule has 1 fully saturated rings. The van der Waals surface area contributed by atoms with Gasteiger partial charge < -0.3 is 4.84 Å². The van der Waals surface area contributed by atoms with E-state index in [9.17, 15) is 4.39 Å². The van der Waals surface area contributed by atoms with Crippen molar-refractivity contribution in [3.63, 3.8) is 0 Å². The third-order valence-electron chi connectivity index (χ3n) is 5.92. The summed E-state index contributed by atoms with van der Waals surface area (Å²) in [7, 11) is 1.58. The lowest BCUT2D eigenvalue weighted by molar-refractivity contribution is 0.212. The van der Waals surface area contributed by atoms with Crippen LogP contribution in [0, 0.1) is 11.7 Å². The van der Waals surface area contributed by atoms with Gasteiger partial charge in [0.25, 0.3) is 0 Å². The molecule has 2 aromatic carbocycles. The average molecular weight is 387 g/mol. The number of nitrogens with zero attached hydrogens (tertiary/aromatic N) is 2. The van der Waals surface area contributed by atoms with Gasteiger partial charge in [0.1, 0.15) is 24.3 Å². The molecule has 1 heterocycles. The summed E-state index contributed by atoms with van der Waals surface area (Å²) >= 11 is 0. The number of H-pyrrole nitrogens is 1. The van der Waals surface area contributed by atoms with Gasteiger partial charge in [-0.05, 0) is 36.1 Å². The largest absolute Gasteiger partial charge is 0.399 e. The first-order valence-electron chi connectivity index (χ1n) is 9.91. The summed E-state index contributed by atoms with van der Waals surface area (Å²) in [5.41, 5.74) is 5.75. The van der Waals surface area contributed by atoms with Crippen LogP contribution in [0.25, 0.3) is 6.08 Å². The van der Waals surface area contributed by atoms with Crippen molar-refractivity contribution in [1.82, 2.24) is 10.2 Å². The number of hydrogen-bond acceptors (Lipinski definition) is 3. The van der Waals surface area contributed by atoms with E-state index in [0.717, 1.165) is 46.6 Å². The predicted molar refractivity (Wildman–Crippen MR) is 111 cm³/mol. The molecule has 4 nitrogen and oxygen atoms in total. The Morgan fingerprint density at radius 2 is 1.83 bits per heavy atom. The molecule has 0 aliphatic heterocycles. The van der Waals surface area contributed by atoms with E-state index in [1.807, 2.05) is 30.3 Å². The predicted octanol–water partition coefficient (Wildman–Crippen LogP) is 4.86. The van der Waals surface area contributed by atoms with Gasteiger partial charge in [-0.25, -0.2) is 4.39 Å². The molecule has 1 N–H and O–H groups in total. The summed E-state index contributed by atoms with van der Waals surface area (Å²) in [5.74, 6) is 0.194. The number of nitrogens with one attached hydrogen (secondary N) is 1. The molecule has 0 radical (unpaired) electrons. The Hall–Kier alpha value is -3.21. The van der Waals surface area contributed by atoms with Crippen molar-refractivity contribution in [1.29, 1.82) is 0 Å². The molecule has 5 heteroatoms. The fourth-order valence-electron chi connectivity index (χ4n) is 4.27. The second-order valence-electron chi connectivity index (χ2n) is 7.75. The van der Waals surface area contributed by atoms with Crippen molar-refractivity contribution in [2.24, 2.45) is 11.1 Å². The van der Waals surface area contributed by atoms with Gasteiger partial charge in [0.05, 0.1) is 0 Å². The quantitative estimate of drug-likeness (QED) is 0.502. The third kappa shape index (κ3) is 3.07. The van der Waals surface area contributed by atoms with Crippen LogP contribution in [-0.4, -0.2) is 23.0 Å². The Bertz CT molecular complexity index is 1080. The van der Waals surface area contributed by atoms with Crippen molar-refractivity contribution in [2.75, 3.05) is 7.11 Å². The van der Waals surface area contributed by atoms with E-state index < -0.39 is 0 Å². The zero-order chi connectivity index (χ0) is 19.8. The van der Waals surface area contributed by atoms with E-state index in [2.05, 4.69) is 39.6 Å². The van der Waals surface area contributed by atoms with Crippen molar-refractivity contribution in [2.45, 2.75) is 24.7 Å². The maximum Gasteiger partial charge on any atom is 0.123 e. The van der Waals surface area contributed by atoms with Crippen molar-refractivity contribution < 1.29 is 9.23 Å². The maximum absolute atomic E-state index is 13.6. The van der Waals surface area contributed by atoms with Gasteiger partial charge in [0.2, 0.25) is 0 Å². The average Bonchev–Trinajstić information content (AvgIpc) is 3.52. The lowest BCUT2D eigenvalue weighted by atomic mass is 9.68. The fraction of sp³-hybridized carbons (Fsp3) is 0.250. The van der Waals surface area contributed by atoms with Gasteiger partial charge in [0.15, 0.2) is 0 Å². The summed E-state index contributed by atoms with van der Waals surface area (Å²) in [6, 6.07) is 17.1. The molecule has 0 saturated heterocycles. The number of allylic oxidation sites excluding steroid dienone is 1. The number of benzene rings is 2. The molecule has 0 amide bonds. The lowest BCUT2D eigenvalue weighted by Gasteiger charge is -2.34. The van der Waals surface area contributed by atoms with Gasteiger partial charge in [0, 0.05) is 29.0 Å². The summed E-state index contributed by atoms with van der Waals surface area (Å²) in [6.07, 6.45) is 7.30. The number of aromatic amines is 1. The molecule has 1 saturated carbocycles. The summed E-state index contributed by atoms with van der Waals surface area (Å²) in [4.78, 5) is 5.09. The number of oxime groups is 1. The minimum atomic E-state index is -0.385. The van der Waals surface area contributed by atoms with Crippen LogP contribution < -0.4 is 0 Å². The first kappa shape index (κ1) is 17.9. The van der Waals surface area contributed by atoms with E-state index in [4.69, 9.17) is 4.84 Å². The first-order chi connectivity index (χ1) is 14.2. The monoisotopic (exact) mass is 387 g/mol. The highest BCUT2D eigenvalue weighted by Gasteiger charge is 2.39. The molecule has 2 aliphatic rings. The molecule has 1 unspecified atom stereocenters. The van der Waals surface area contributed by atoms with Crippen LogP contribution in [0.4, 0.5) is 4.39 Å². The SMILES string of the molecule is CO/N=C(/c1n[nH]c2c1C=CC(c1ccccc1)(c1ccc(F)cc1)C2)C1CC1. The first-order valence-corrected chi connectivity index (χ1v) is 9.91. The third-order valence-corrected chi connectivity index (χ3v) is 5.92. The molecular formula is C24H22FN3O.